The van der Waals surface area contributed by atoms with E-state index in [0.717, 1.165) is 0 Å². The van der Waals surface area contributed by atoms with Crippen LogP contribution in [0.1, 0.15) is 16.7 Å². The lowest BCUT2D eigenvalue weighted by molar-refractivity contribution is -0.132. The van der Waals surface area contributed by atoms with Crippen LogP contribution >= 0.6 is 0 Å². The molecule has 0 saturated heterocycles. The number of hydrogen-bond donors (Lipinski definition) is 2. The third-order valence-electron chi connectivity index (χ3n) is 2.18. The zero-order chi connectivity index (χ0) is 12.3. The van der Waals surface area contributed by atoms with E-state index in [1.807, 2.05) is 0 Å². The summed E-state index contributed by atoms with van der Waals surface area (Å²) in [7, 11) is 0. The number of rotatable bonds is 2. The molecule has 4 heteroatoms. The molecule has 0 bridgehead atoms. The molecule has 0 atom stereocenters. The SMILES string of the molecule is Cc1cc(/C=C(\C#N)C(=O)O)cc(C)c1O. The predicted octanol–water partition coefficient (Wildman–Crippen LogP) is 2.00. The first-order chi connectivity index (χ1) is 7.45. The van der Waals surface area contributed by atoms with E-state index in [4.69, 9.17) is 10.4 Å². The van der Waals surface area contributed by atoms with Gasteiger partial charge in [-0.05, 0) is 48.7 Å². The van der Waals surface area contributed by atoms with Gasteiger partial charge in [-0.3, -0.25) is 0 Å². The highest BCUT2D eigenvalue weighted by atomic mass is 16.4. The first kappa shape index (κ1) is 11.8. The second-order valence-corrected chi connectivity index (χ2v) is 3.48. The summed E-state index contributed by atoms with van der Waals surface area (Å²) in [5.41, 5.74) is 1.55. The van der Waals surface area contributed by atoms with Crippen molar-refractivity contribution in [3.63, 3.8) is 0 Å². The van der Waals surface area contributed by atoms with Gasteiger partial charge in [-0.15, -0.1) is 0 Å². The Bertz CT molecular complexity index is 486. The largest absolute Gasteiger partial charge is 0.507 e. The number of nitriles is 1. The smallest absolute Gasteiger partial charge is 0.346 e. The number of phenols is 1. The minimum absolute atomic E-state index is 0.186. The molecule has 4 nitrogen and oxygen atoms in total. The summed E-state index contributed by atoms with van der Waals surface area (Å²) in [6, 6.07) is 4.86. The van der Waals surface area contributed by atoms with Crippen molar-refractivity contribution in [1.29, 1.82) is 5.26 Å². The lowest BCUT2D eigenvalue weighted by atomic mass is 10.0. The summed E-state index contributed by atoms with van der Waals surface area (Å²) >= 11 is 0. The monoisotopic (exact) mass is 217 g/mol. The van der Waals surface area contributed by atoms with E-state index < -0.39 is 5.97 Å². The van der Waals surface area contributed by atoms with Gasteiger partial charge in [0.15, 0.2) is 0 Å². The molecule has 0 aliphatic heterocycles. The van der Waals surface area contributed by atoms with E-state index >= 15 is 0 Å². The number of carboxylic acids is 1. The van der Waals surface area contributed by atoms with Crippen molar-refractivity contribution >= 4 is 12.0 Å². The van der Waals surface area contributed by atoms with Crippen LogP contribution < -0.4 is 0 Å². The maximum atomic E-state index is 10.6. The number of aromatic hydroxyl groups is 1. The molecule has 0 aliphatic rings. The highest BCUT2D eigenvalue weighted by Gasteiger charge is 2.07. The summed E-state index contributed by atoms with van der Waals surface area (Å²) in [5.74, 6) is -1.07. The molecule has 1 rings (SSSR count). The molecule has 0 fully saturated rings. The fourth-order valence-corrected chi connectivity index (χ4v) is 1.38. The number of carbonyl (C=O) groups is 1. The van der Waals surface area contributed by atoms with Gasteiger partial charge in [0.25, 0.3) is 0 Å². The van der Waals surface area contributed by atoms with Crippen LogP contribution in [0.2, 0.25) is 0 Å². The van der Waals surface area contributed by atoms with Crippen LogP contribution in [0.25, 0.3) is 6.08 Å². The van der Waals surface area contributed by atoms with Crippen molar-refractivity contribution in [3.8, 4) is 11.8 Å². The average molecular weight is 217 g/mol. The van der Waals surface area contributed by atoms with Crippen LogP contribution in [-0.4, -0.2) is 16.2 Å². The van der Waals surface area contributed by atoms with Gasteiger partial charge in [-0.1, -0.05) is 0 Å². The molecule has 1 aromatic carbocycles. The third kappa shape index (κ3) is 2.39. The zero-order valence-electron chi connectivity index (χ0n) is 8.98. The van der Waals surface area contributed by atoms with Crippen LogP contribution in [0.5, 0.6) is 5.75 Å². The zero-order valence-corrected chi connectivity index (χ0v) is 8.98. The lowest BCUT2D eigenvalue weighted by Crippen LogP contribution is -1.97. The minimum atomic E-state index is -1.26. The standard InChI is InChI=1S/C12H11NO3/c1-7-3-9(4-8(2)11(7)14)5-10(6-13)12(15)16/h3-5,14H,1-2H3,(H,15,16)/b10-5+. The topological polar surface area (TPSA) is 81.3 Å². The van der Waals surface area contributed by atoms with Crippen molar-refractivity contribution in [2.75, 3.05) is 0 Å². The number of aryl methyl sites for hydroxylation is 2. The van der Waals surface area contributed by atoms with E-state index in [-0.39, 0.29) is 11.3 Å². The summed E-state index contributed by atoms with van der Waals surface area (Å²) in [4.78, 5) is 10.6. The molecule has 0 aliphatic carbocycles. The highest BCUT2D eigenvalue weighted by Crippen LogP contribution is 2.24. The predicted molar refractivity (Wildman–Crippen MR) is 58.8 cm³/mol. The van der Waals surface area contributed by atoms with Crippen LogP contribution in [0.15, 0.2) is 17.7 Å². The Morgan fingerprint density at radius 3 is 2.25 bits per heavy atom. The van der Waals surface area contributed by atoms with Crippen LogP contribution in [0.4, 0.5) is 0 Å². The fourth-order valence-electron chi connectivity index (χ4n) is 1.38. The molecular formula is C12H11NO3. The average Bonchev–Trinajstić information content (AvgIpc) is 2.21. The molecule has 2 N–H and O–H groups in total. The summed E-state index contributed by atoms with van der Waals surface area (Å²) in [6.45, 7) is 3.43. The Labute approximate surface area is 93.1 Å². The first-order valence-electron chi connectivity index (χ1n) is 4.61. The van der Waals surface area contributed by atoms with E-state index in [9.17, 15) is 9.90 Å². The van der Waals surface area contributed by atoms with Gasteiger partial charge in [0.05, 0.1) is 0 Å². The van der Waals surface area contributed by atoms with Gasteiger partial charge in [-0.2, -0.15) is 5.26 Å². The van der Waals surface area contributed by atoms with E-state index in [1.165, 1.54) is 6.08 Å². The lowest BCUT2D eigenvalue weighted by Gasteiger charge is -2.04. The highest BCUT2D eigenvalue weighted by molar-refractivity contribution is 5.96. The Hall–Kier alpha value is -2.28. The number of carboxylic acid groups (broad SMARTS) is 1. The number of benzene rings is 1. The molecule has 0 spiro atoms. The van der Waals surface area contributed by atoms with Crippen LogP contribution in [0.3, 0.4) is 0 Å². The Morgan fingerprint density at radius 2 is 1.88 bits per heavy atom. The van der Waals surface area contributed by atoms with E-state index in [1.54, 1.807) is 32.0 Å². The van der Waals surface area contributed by atoms with Gasteiger partial charge in [0.1, 0.15) is 17.4 Å². The Balaban J connectivity index is 3.27. The molecule has 0 saturated carbocycles. The molecule has 0 amide bonds. The fraction of sp³-hybridized carbons (Fsp3) is 0.167. The first-order valence-corrected chi connectivity index (χ1v) is 4.61. The van der Waals surface area contributed by atoms with Crippen molar-refractivity contribution in [1.82, 2.24) is 0 Å². The molecule has 0 unspecified atom stereocenters. The van der Waals surface area contributed by atoms with Gasteiger partial charge < -0.3 is 10.2 Å². The quantitative estimate of drug-likeness (QED) is 0.586. The maximum Gasteiger partial charge on any atom is 0.346 e. The van der Waals surface area contributed by atoms with Crippen molar-refractivity contribution < 1.29 is 15.0 Å². The molecule has 0 heterocycles. The number of aliphatic carboxylic acids is 1. The van der Waals surface area contributed by atoms with E-state index in [2.05, 4.69) is 0 Å². The van der Waals surface area contributed by atoms with Gasteiger partial charge in [0.2, 0.25) is 0 Å². The summed E-state index contributed by atoms with van der Waals surface area (Å²) in [6.07, 6.45) is 1.28. The molecule has 0 aromatic heterocycles. The molecular weight excluding hydrogens is 206 g/mol. The Kier molecular flexibility index (Phi) is 3.31. The number of phenolic OH excluding ortho intramolecular Hbond substituents is 1. The second-order valence-electron chi connectivity index (χ2n) is 3.48. The van der Waals surface area contributed by atoms with Crippen molar-refractivity contribution in [2.24, 2.45) is 0 Å². The van der Waals surface area contributed by atoms with Gasteiger partial charge in [0, 0.05) is 0 Å². The Morgan fingerprint density at radius 1 is 1.38 bits per heavy atom. The third-order valence-corrected chi connectivity index (χ3v) is 2.18. The number of hydrogen-bond acceptors (Lipinski definition) is 3. The van der Waals surface area contributed by atoms with Gasteiger partial charge in [-0.25, -0.2) is 4.79 Å². The molecule has 1 aromatic rings. The van der Waals surface area contributed by atoms with Crippen molar-refractivity contribution in [2.45, 2.75) is 13.8 Å². The molecule has 82 valence electrons. The number of nitrogens with zero attached hydrogens (tertiary/aromatic N) is 1. The van der Waals surface area contributed by atoms with Gasteiger partial charge >= 0.3 is 5.97 Å². The summed E-state index contributed by atoms with van der Waals surface area (Å²) < 4.78 is 0. The summed E-state index contributed by atoms with van der Waals surface area (Å²) in [5, 5.41) is 26.8. The van der Waals surface area contributed by atoms with Crippen molar-refractivity contribution in [3.05, 3.63) is 34.4 Å². The van der Waals surface area contributed by atoms with Crippen LogP contribution in [0, 0.1) is 25.2 Å². The maximum absolute atomic E-state index is 10.6. The second kappa shape index (κ2) is 4.49. The normalized spacial score (nSPS) is 10.9. The minimum Gasteiger partial charge on any atom is -0.507 e. The molecule has 16 heavy (non-hydrogen) atoms. The molecule has 0 radical (unpaired) electrons. The van der Waals surface area contributed by atoms with Crippen LogP contribution in [-0.2, 0) is 4.79 Å². The van der Waals surface area contributed by atoms with E-state index in [0.29, 0.717) is 16.7 Å².